The number of benzene rings is 2. The van der Waals surface area contributed by atoms with Crippen LogP contribution in [0.3, 0.4) is 0 Å². The molecule has 0 fully saturated rings. The number of likely N-dealkylation sites (N-methyl/N-ethyl adjacent to an activating group) is 1. The van der Waals surface area contributed by atoms with Gasteiger partial charge in [-0.05, 0) is 49.0 Å². The van der Waals surface area contributed by atoms with Crippen molar-refractivity contribution >= 4 is 27.5 Å². The van der Waals surface area contributed by atoms with E-state index in [1.54, 1.807) is 7.11 Å². The molecule has 0 aliphatic rings. The lowest BCUT2D eigenvalue weighted by Gasteiger charge is -2.30. The summed E-state index contributed by atoms with van der Waals surface area (Å²) in [6, 6.07) is 11.4. The molecular weight excluding hydrogens is 414 g/mol. The monoisotopic (exact) mass is 439 g/mol. The topological polar surface area (TPSA) is 102 Å². The van der Waals surface area contributed by atoms with Crippen LogP contribution in [-0.2, 0) is 10.0 Å². The highest BCUT2D eigenvalue weighted by Gasteiger charge is 2.21. The van der Waals surface area contributed by atoms with E-state index in [9.17, 15) is 13.2 Å². The van der Waals surface area contributed by atoms with Crippen molar-refractivity contribution in [2.45, 2.75) is 24.8 Å². The first kappa shape index (κ1) is 23.2. The van der Waals surface area contributed by atoms with Gasteiger partial charge in [0.15, 0.2) is 0 Å². The molecule has 0 spiro atoms. The molecule has 0 bridgehead atoms. The Bertz CT molecular complexity index is 962. The molecule has 2 rings (SSSR count). The van der Waals surface area contributed by atoms with Crippen molar-refractivity contribution in [3.8, 4) is 5.75 Å². The maximum Gasteiger partial charge on any atom is 0.252 e. The van der Waals surface area contributed by atoms with Crippen LogP contribution in [0, 0.1) is 0 Å². The zero-order valence-electron chi connectivity index (χ0n) is 16.7. The highest BCUT2D eigenvalue weighted by molar-refractivity contribution is 7.89. The summed E-state index contributed by atoms with van der Waals surface area (Å²) >= 11 is 6.11. The van der Waals surface area contributed by atoms with E-state index in [4.69, 9.17) is 21.5 Å². The number of methoxy groups -OCH3 is 1. The van der Waals surface area contributed by atoms with Crippen LogP contribution in [0.15, 0.2) is 47.4 Å². The zero-order valence-corrected chi connectivity index (χ0v) is 18.3. The van der Waals surface area contributed by atoms with Gasteiger partial charge in [0.1, 0.15) is 5.75 Å². The fourth-order valence-electron chi connectivity index (χ4n) is 3.11. The van der Waals surface area contributed by atoms with Crippen LogP contribution in [0.25, 0.3) is 0 Å². The molecule has 29 heavy (non-hydrogen) atoms. The van der Waals surface area contributed by atoms with Gasteiger partial charge in [0, 0.05) is 6.54 Å². The second kappa shape index (κ2) is 10.1. The molecule has 0 radical (unpaired) electrons. The second-order valence-electron chi connectivity index (χ2n) is 6.41. The maximum absolute atomic E-state index is 12.7. The first-order valence-corrected chi connectivity index (χ1v) is 11.1. The number of nitrogens with zero attached hydrogens (tertiary/aromatic N) is 1. The highest BCUT2D eigenvalue weighted by atomic mass is 35.5. The minimum Gasteiger partial charge on any atom is -0.497 e. The number of sulfonamides is 1. The van der Waals surface area contributed by atoms with E-state index in [0.717, 1.165) is 24.4 Å². The van der Waals surface area contributed by atoms with Gasteiger partial charge < -0.3 is 10.1 Å². The van der Waals surface area contributed by atoms with Gasteiger partial charge in [0.25, 0.3) is 5.91 Å². The number of nitrogens with two attached hydrogens (primary N) is 1. The van der Waals surface area contributed by atoms with Crippen LogP contribution >= 0.6 is 11.6 Å². The summed E-state index contributed by atoms with van der Waals surface area (Å²) < 4.78 is 28.5. The first-order valence-electron chi connectivity index (χ1n) is 9.19. The third kappa shape index (κ3) is 5.93. The molecule has 1 unspecified atom stereocenters. The molecule has 158 valence electrons. The Morgan fingerprint density at radius 2 is 1.90 bits per heavy atom. The molecular formula is C20H26ClN3O4S. The van der Waals surface area contributed by atoms with Crippen molar-refractivity contribution in [2.75, 3.05) is 26.7 Å². The smallest absolute Gasteiger partial charge is 0.252 e. The predicted molar refractivity (Wildman–Crippen MR) is 114 cm³/mol. The Morgan fingerprint density at radius 3 is 2.48 bits per heavy atom. The van der Waals surface area contributed by atoms with Gasteiger partial charge in [-0.25, -0.2) is 13.6 Å². The lowest BCUT2D eigenvalue weighted by Crippen LogP contribution is -2.38. The van der Waals surface area contributed by atoms with Gasteiger partial charge in [-0.15, -0.1) is 0 Å². The molecule has 1 amide bonds. The molecule has 0 aromatic heterocycles. The van der Waals surface area contributed by atoms with Crippen molar-refractivity contribution in [3.05, 3.63) is 58.6 Å². The second-order valence-corrected chi connectivity index (χ2v) is 8.38. The number of hydrogen-bond acceptors (Lipinski definition) is 5. The zero-order chi connectivity index (χ0) is 21.6. The molecule has 2 aromatic carbocycles. The van der Waals surface area contributed by atoms with Gasteiger partial charge >= 0.3 is 0 Å². The number of hydrogen-bond donors (Lipinski definition) is 2. The Balaban J connectivity index is 2.28. The Kier molecular flexibility index (Phi) is 8.04. The molecule has 7 nitrogen and oxygen atoms in total. The molecule has 0 saturated carbocycles. The summed E-state index contributed by atoms with van der Waals surface area (Å²) in [7, 11) is -2.33. The van der Waals surface area contributed by atoms with Gasteiger partial charge in [-0.2, -0.15) is 0 Å². The average molecular weight is 440 g/mol. The van der Waals surface area contributed by atoms with Gasteiger partial charge in [-0.1, -0.05) is 37.6 Å². The summed E-state index contributed by atoms with van der Waals surface area (Å²) in [5.41, 5.74) is 1.06. The summed E-state index contributed by atoms with van der Waals surface area (Å²) in [6.07, 6.45) is 0. The number of carbonyl (C=O) groups is 1. The van der Waals surface area contributed by atoms with Crippen molar-refractivity contribution in [3.63, 3.8) is 0 Å². The SMILES string of the molecule is CCN(CC)C(CNC(=O)c1cc(S(N)(=O)=O)ccc1Cl)c1cccc(OC)c1. The van der Waals surface area contributed by atoms with Gasteiger partial charge in [0.05, 0.1) is 28.6 Å². The predicted octanol–water partition coefficient (Wildman–Crippen LogP) is 2.81. The van der Waals surface area contributed by atoms with E-state index in [0.29, 0.717) is 6.54 Å². The molecule has 0 heterocycles. The molecule has 9 heteroatoms. The highest BCUT2D eigenvalue weighted by Crippen LogP contribution is 2.25. The normalized spacial score (nSPS) is 12.6. The molecule has 3 N–H and O–H groups in total. The van der Waals surface area contributed by atoms with E-state index in [1.807, 2.05) is 38.1 Å². The van der Waals surface area contributed by atoms with E-state index in [-0.39, 0.29) is 21.5 Å². The summed E-state index contributed by atoms with van der Waals surface area (Å²) in [5, 5.41) is 8.17. The Hall–Kier alpha value is -2.13. The molecule has 0 aliphatic carbocycles. The molecule has 0 saturated heterocycles. The number of ether oxygens (including phenoxy) is 1. The largest absolute Gasteiger partial charge is 0.497 e. The van der Waals surface area contributed by atoms with E-state index >= 15 is 0 Å². The fraction of sp³-hybridized carbons (Fsp3) is 0.350. The number of amides is 1. The third-order valence-corrected chi connectivity index (χ3v) is 5.94. The van der Waals surface area contributed by atoms with Crippen LogP contribution in [0.4, 0.5) is 0 Å². The van der Waals surface area contributed by atoms with E-state index in [2.05, 4.69) is 10.2 Å². The number of carbonyl (C=O) groups excluding carboxylic acids is 1. The van der Waals surface area contributed by atoms with Crippen molar-refractivity contribution in [1.29, 1.82) is 0 Å². The minimum atomic E-state index is -3.94. The summed E-state index contributed by atoms with van der Waals surface area (Å²) in [6.45, 7) is 5.98. The van der Waals surface area contributed by atoms with Crippen LogP contribution < -0.4 is 15.2 Å². The Labute approximate surface area is 176 Å². The molecule has 2 aromatic rings. The van der Waals surface area contributed by atoms with Crippen LogP contribution in [0.5, 0.6) is 5.75 Å². The average Bonchev–Trinajstić information content (AvgIpc) is 2.70. The number of rotatable bonds is 9. The van der Waals surface area contributed by atoms with E-state index < -0.39 is 15.9 Å². The third-order valence-electron chi connectivity index (χ3n) is 4.70. The standard InChI is InChI=1S/C20H26ClN3O4S/c1-4-24(5-2)19(14-7-6-8-15(11-14)28-3)13-23-20(25)17-12-16(29(22,26)27)9-10-18(17)21/h6-12,19H,4-5,13H2,1-3H3,(H,23,25)(H2,22,26,27). The first-order chi connectivity index (χ1) is 13.7. The number of primary sulfonamides is 1. The number of halogens is 1. The lowest BCUT2D eigenvalue weighted by molar-refractivity contribution is 0.0935. The van der Waals surface area contributed by atoms with E-state index in [1.165, 1.54) is 18.2 Å². The lowest BCUT2D eigenvalue weighted by atomic mass is 10.0. The fourth-order valence-corrected chi connectivity index (χ4v) is 3.85. The maximum atomic E-state index is 12.7. The van der Waals surface area contributed by atoms with Crippen LogP contribution in [0.2, 0.25) is 5.02 Å². The van der Waals surface area contributed by atoms with Gasteiger partial charge in [-0.3, -0.25) is 9.69 Å². The van der Waals surface area contributed by atoms with Crippen molar-refractivity contribution in [2.24, 2.45) is 5.14 Å². The van der Waals surface area contributed by atoms with Crippen LogP contribution in [0.1, 0.15) is 35.8 Å². The molecule has 1 atom stereocenters. The Morgan fingerprint density at radius 1 is 1.21 bits per heavy atom. The van der Waals surface area contributed by atoms with Gasteiger partial charge in [0.2, 0.25) is 10.0 Å². The summed E-state index contributed by atoms with van der Waals surface area (Å²) in [5.74, 6) is 0.260. The quantitative estimate of drug-likeness (QED) is 0.625. The molecule has 0 aliphatic heterocycles. The van der Waals surface area contributed by atoms with Crippen LogP contribution in [-0.4, -0.2) is 46.0 Å². The minimum absolute atomic E-state index is 0.0575. The number of nitrogens with one attached hydrogen (secondary N) is 1. The summed E-state index contributed by atoms with van der Waals surface area (Å²) in [4.78, 5) is 14.8. The van der Waals surface area contributed by atoms with Crippen molar-refractivity contribution < 1.29 is 17.9 Å². The van der Waals surface area contributed by atoms with Crippen molar-refractivity contribution in [1.82, 2.24) is 10.2 Å².